The molecule has 0 spiro atoms. The smallest absolute Gasteiger partial charge is 0.267 e. The molecular weight excluding hydrogens is 484 g/mol. The van der Waals surface area contributed by atoms with Crippen molar-refractivity contribution in [2.75, 3.05) is 24.3 Å². The van der Waals surface area contributed by atoms with E-state index in [0.717, 1.165) is 10.1 Å². The van der Waals surface area contributed by atoms with Crippen molar-refractivity contribution in [1.82, 2.24) is 0 Å². The van der Waals surface area contributed by atoms with E-state index >= 15 is 0 Å². The number of methoxy groups -OCH3 is 2. The van der Waals surface area contributed by atoms with Crippen LogP contribution in [-0.4, -0.2) is 28.5 Å². The first-order chi connectivity index (χ1) is 15.8. The fourth-order valence-corrected chi connectivity index (χ4v) is 5.74. The van der Waals surface area contributed by atoms with E-state index in [1.54, 1.807) is 61.7 Å². The molecule has 0 aliphatic rings. The number of nitrogens with one attached hydrogen (secondary N) is 2. The molecular formula is C23H19ClN2O5S2. The van der Waals surface area contributed by atoms with Gasteiger partial charge in [-0.15, -0.1) is 11.3 Å². The number of sulfonamides is 1. The normalized spacial score (nSPS) is 11.2. The van der Waals surface area contributed by atoms with Gasteiger partial charge < -0.3 is 14.8 Å². The minimum atomic E-state index is -3.92. The summed E-state index contributed by atoms with van der Waals surface area (Å²) in [6.07, 6.45) is 0. The molecule has 1 amide bonds. The van der Waals surface area contributed by atoms with Gasteiger partial charge in [0.25, 0.3) is 15.9 Å². The van der Waals surface area contributed by atoms with Gasteiger partial charge in [-0.1, -0.05) is 29.8 Å². The summed E-state index contributed by atoms with van der Waals surface area (Å²) >= 11 is 7.66. The number of halogens is 1. The largest absolute Gasteiger partial charge is 0.497 e. The average molecular weight is 503 g/mol. The topological polar surface area (TPSA) is 93.7 Å². The number of thiophene rings is 1. The fraction of sp³-hybridized carbons (Fsp3) is 0.0870. The highest BCUT2D eigenvalue weighted by Crippen LogP contribution is 2.37. The summed E-state index contributed by atoms with van der Waals surface area (Å²) in [6.45, 7) is 0. The summed E-state index contributed by atoms with van der Waals surface area (Å²) in [5, 5.41) is 3.80. The van der Waals surface area contributed by atoms with Gasteiger partial charge in [0.15, 0.2) is 0 Å². The number of amides is 1. The third-order valence-electron chi connectivity index (χ3n) is 4.80. The third kappa shape index (κ3) is 4.75. The second-order valence-corrected chi connectivity index (χ2v) is 10.0. The highest BCUT2D eigenvalue weighted by atomic mass is 35.5. The first kappa shape index (κ1) is 22.9. The molecule has 0 atom stereocenters. The van der Waals surface area contributed by atoms with Crippen molar-refractivity contribution in [2.24, 2.45) is 0 Å². The molecule has 0 aliphatic heterocycles. The maximum absolute atomic E-state index is 12.9. The van der Waals surface area contributed by atoms with Gasteiger partial charge in [-0.25, -0.2) is 8.42 Å². The van der Waals surface area contributed by atoms with Crippen molar-refractivity contribution in [2.45, 2.75) is 4.90 Å². The van der Waals surface area contributed by atoms with E-state index in [0.29, 0.717) is 32.8 Å². The molecule has 4 aromatic rings. The number of hydrogen-bond donors (Lipinski definition) is 2. The fourth-order valence-electron chi connectivity index (χ4n) is 3.18. The summed E-state index contributed by atoms with van der Waals surface area (Å²) in [7, 11) is -0.904. The van der Waals surface area contributed by atoms with Gasteiger partial charge in [0.2, 0.25) is 0 Å². The standard InChI is InChI=1S/C23H19ClN2O5S2/c1-30-15-10-11-17-20(13-15)32-22(21(17)24)23(27)25-14-6-5-7-16(12-14)33(28,29)26-18-8-3-4-9-19(18)31-2/h3-13,26H,1-2H3,(H,25,27). The molecule has 0 bridgehead atoms. The van der Waals surface area contributed by atoms with Crippen molar-refractivity contribution >= 4 is 60.3 Å². The molecule has 3 aromatic carbocycles. The van der Waals surface area contributed by atoms with Crippen LogP contribution in [-0.2, 0) is 10.0 Å². The molecule has 1 heterocycles. The lowest BCUT2D eigenvalue weighted by Crippen LogP contribution is -2.15. The number of anilines is 2. The highest BCUT2D eigenvalue weighted by Gasteiger charge is 2.20. The van der Waals surface area contributed by atoms with Crippen LogP contribution in [0.5, 0.6) is 11.5 Å². The molecule has 1 aromatic heterocycles. The summed E-state index contributed by atoms with van der Waals surface area (Å²) in [5.41, 5.74) is 0.621. The van der Waals surface area contributed by atoms with Gasteiger partial charge in [-0.05, 0) is 48.5 Å². The Morgan fingerprint density at radius 2 is 1.76 bits per heavy atom. The van der Waals surface area contributed by atoms with E-state index in [1.807, 2.05) is 0 Å². The molecule has 0 saturated carbocycles. The molecule has 170 valence electrons. The molecule has 2 N–H and O–H groups in total. The Kier molecular flexibility index (Phi) is 6.46. The van der Waals surface area contributed by atoms with E-state index in [-0.39, 0.29) is 4.90 Å². The van der Waals surface area contributed by atoms with Crippen molar-refractivity contribution in [3.8, 4) is 11.5 Å². The van der Waals surface area contributed by atoms with Crippen LogP contribution in [0.15, 0.2) is 71.6 Å². The first-order valence-corrected chi connectivity index (χ1v) is 12.3. The number of carbonyl (C=O) groups is 1. The van der Waals surface area contributed by atoms with Crippen LogP contribution in [0.25, 0.3) is 10.1 Å². The Labute approximate surface area is 200 Å². The zero-order valence-electron chi connectivity index (χ0n) is 17.6. The number of fused-ring (bicyclic) bond motifs is 1. The van der Waals surface area contributed by atoms with Crippen molar-refractivity contribution in [3.63, 3.8) is 0 Å². The molecule has 0 fully saturated rings. The molecule has 0 saturated heterocycles. The average Bonchev–Trinajstić information content (AvgIpc) is 3.15. The number of hydrogen-bond acceptors (Lipinski definition) is 6. The van der Waals surface area contributed by atoms with E-state index in [4.69, 9.17) is 21.1 Å². The summed E-state index contributed by atoms with van der Waals surface area (Å²) < 4.78 is 39.5. The van der Waals surface area contributed by atoms with Gasteiger partial charge in [0.1, 0.15) is 16.4 Å². The summed E-state index contributed by atoms with van der Waals surface area (Å²) in [6, 6.07) is 18.0. The zero-order chi connectivity index (χ0) is 23.6. The Morgan fingerprint density at radius 3 is 2.52 bits per heavy atom. The van der Waals surface area contributed by atoms with Crippen molar-refractivity contribution in [1.29, 1.82) is 0 Å². The molecule has 0 unspecified atom stereocenters. The predicted octanol–water partition coefficient (Wildman–Crippen LogP) is 5.63. The van der Waals surface area contributed by atoms with Crippen molar-refractivity contribution < 1.29 is 22.7 Å². The number of benzene rings is 3. The van der Waals surface area contributed by atoms with Gasteiger partial charge in [-0.3, -0.25) is 9.52 Å². The van der Waals surface area contributed by atoms with Crippen LogP contribution in [0, 0.1) is 0 Å². The molecule has 10 heteroatoms. The van der Waals surface area contributed by atoms with Crippen LogP contribution in [0.3, 0.4) is 0 Å². The van der Waals surface area contributed by atoms with Crippen molar-refractivity contribution in [3.05, 3.63) is 76.6 Å². The predicted molar refractivity (Wildman–Crippen MR) is 132 cm³/mol. The lowest BCUT2D eigenvalue weighted by atomic mass is 10.2. The van der Waals surface area contributed by atoms with E-state index in [2.05, 4.69) is 10.0 Å². The van der Waals surface area contributed by atoms with Crippen LogP contribution in [0.1, 0.15) is 9.67 Å². The van der Waals surface area contributed by atoms with Gasteiger partial charge in [0, 0.05) is 15.8 Å². The molecule has 33 heavy (non-hydrogen) atoms. The number of rotatable bonds is 7. The molecule has 0 aliphatic carbocycles. The Balaban J connectivity index is 1.59. The van der Waals surface area contributed by atoms with Crippen LogP contribution >= 0.6 is 22.9 Å². The number of para-hydroxylation sites is 2. The Bertz CT molecular complexity index is 1450. The first-order valence-electron chi connectivity index (χ1n) is 9.65. The maximum atomic E-state index is 12.9. The lowest BCUT2D eigenvalue weighted by Gasteiger charge is -2.12. The SMILES string of the molecule is COc1ccc2c(Cl)c(C(=O)Nc3cccc(S(=O)(=O)Nc4ccccc4OC)c3)sc2c1. The minimum absolute atomic E-state index is 0.0154. The van der Waals surface area contributed by atoms with E-state index in [9.17, 15) is 13.2 Å². The second-order valence-electron chi connectivity index (χ2n) is 6.89. The molecule has 0 radical (unpaired) electrons. The maximum Gasteiger partial charge on any atom is 0.267 e. The quantitative estimate of drug-likeness (QED) is 0.342. The number of carbonyl (C=O) groups excluding carboxylic acids is 1. The van der Waals surface area contributed by atoms with Crippen LogP contribution < -0.4 is 19.5 Å². The Hall–Kier alpha value is -3.27. The molecule has 7 nitrogen and oxygen atoms in total. The monoisotopic (exact) mass is 502 g/mol. The number of ether oxygens (including phenoxy) is 2. The van der Waals surface area contributed by atoms with Gasteiger partial charge in [0.05, 0.1) is 29.8 Å². The lowest BCUT2D eigenvalue weighted by molar-refractivity contribution is 0.103. The van der Waals surface area contributed by atoms with Gasteiger partial charge in [-0.2, -0.15) is 0 Å². The van der Waals surface area contributed by atoms with Gasteiger partial charge >= 0.3 is 0 Å². The third-order valence-corrected chi connectivity index (χ3v) is 7.82. The molecule has 4 rings (SSSR count). The summed E-state index contributed by atoms with van der Waals surface area (Å²) in [4.78, 5) is 13.2. The van der Waals surface area contributed by atoms with E-state index < -0.39 is 15.9 Å². The summed E-state index contributed by atoms with van der Waals surface area (Å²) in [5.74, 6) is 0.613. The second kappa shape index (κ2) is 9.30. The van der Waals surface area contributed by atoms with Crippen LogP contribution in [0.4, 0.5) is 11.4 Å². The Morgan fingerprint density at radius 1 is 0.970 bits per heavy atom. The van der Waals surface area contributed by atoms with E-state index in [1.165, 1.54) is 30.6 Å². The van der Waals surface area contributed by atoms with Crippen LogP contribution in [0.2, 0.25) is 5.02 Å². The highest BCUT2D eigenvalue weighted by molar-refractivity contribution is 7.92. The minimum Gasteiger partial charge on any atom is -0.497 e. The zero-order valence-corrected chi connectivity index (χ0v) is 20.0.